The van der Waals surface area contributed by atoms with Gasteiger partial charge in [0.2, 0.25) is 5.95 Å². The maximum absolute atomic E-state index is 13.7. The van der Waals surface area contributed by atoms with Gasteiger partial charge < -0.3 is 10.6 Å². The first-order valence-corrected chi connectivity index (χ1v) is 15.5. The molecule has 1 aromatic carbocycles. The van der Waals surface area contributed by atoms with Crippen molar-refractivity contribution >= 4 is 44.1 Å². The summed E-state index contributed by atoms with van der Waals surface area (Å²) < 4.78 is 26.9. The number of nitrogens with one attached hydrogen (secondary N) is 2. The number of piperidine rings is 1. The maximum atomic E-state index is 13.7. The second-order valence-corrected chi connectivity index (χ2v) is 13.5. The summed E-state index contributed by atoms with van der Waals surface area (Å²) in [5.41, 5.74) is 2.86. The Bertz CT molecular complexity index is 1740. The number of aromatic nitrogens is 4. The molecule has 9 nitrogen and oxygen atoms in total. The number of rotatable bonds is 7. The van der Waals surface area contributed by atoms with E-state index in [4.69, 9.17) is 16.6 Å². The van der Waals surface area contributed by atoms with Gasteiger partial charge in [-0.25, -0.2) is 13.4 Å². The molecule has 2 N–H and O–H groups in total. The Morgan fingerprint density at radius 3 is 2.40 bits per heavy atom. The lowest BCUT2D eigenvalue weighted by molar-refractivity contribution is 0.460. The Kier molecular flexibility index (Phi) is 7.10. The third-order valence-corrected chi connectivity index (χ3v) is 10.1. The van der Waals surface area contributed by atoms with Crippen molar-refractivity contribution in [2.45, 2.75) is 61.6 Å². The van der Waals surface area contributed by atoms with Gasteiger partial charge >= 0.3 is 0 Å². The molecular weight excluding hydrogens is 548 g/mol. The molecule has 2 aliphatic rings. The van der Waals surface area contributed by atoms with Gasteiger partial charge in [0.15, 0.2) is 9.84 Å². The zero-order valence-electron chi connectivity index (χ0n) is 22.4. The van der Waals surface area contributed by atoms with Gasteiger partial charge in [0.25, 0.3) is 5.56 Å². The maximum Gasteiger partial charge on any atom is 0.261 e. The van der Waals surface area contributed by atoms with E-state index in [0.717, 1.165) is 31.6 Å². The second kappa shape index (κ2) is 10.6. The van der Waals surface area contributed by atoms with Gasteiger partial charge in [0.1, 0.15) is 5.65 Å². The van der Waals surface area contributed by atoms with Crippen LogP contribution in [0.4, 0.5) is 11.6 Å². The average molecular weight is 579 g/mol. The van der Waals surface area contributed by atoms with Gasteiger partial charge in [-0.3, -0.25) is 14.3 Å². The largest absolute Gasteiger partial charge is 0.324 e. The van der Waals surface area contributed by atoms with Crippen LogP contribution in [0, 0.1) is 0 Å². The van der Waals surface area contributed by atoms with Gasteiger partial charge in [0, 0.05) is 29.5 Å². The highest BCUT2D eigenvalue weighted by atomic mass is 35.5. The van der Waals surface area contributed by atoms with E-state index >= 15 is 0 Å². The van der Waals surface area contributed by atoms with Gasteiger partial charge in [-0.15, -0.1) is 0 Å². The number of halogens is 1. The first kappa shape index (κ1) is 26.9. The molecule has 0 amide bonds. The van der Waals surface area contributed by atoms with Crippen molar-refractivity contribution in [1.29, 1.82) is 0 Å². The number of hydrogen-bond donors (Lipinski definition) is 2. The van der Waals surface area contributed by atoms with Gasteiger partial charge in [0.05, 0.1) is 26.4 Å². The second-order valence-electron chi connectivity index (χ2n) is 10.8. The number of pyridine rings is 2. The molecule has 4 aromatic rings. The lowest BCUT2D eigenvalue weighted by atomic mass is 9.90. The Morgan fingerprint density at radius 2 is 1.75 bits per heavy atom. The molecule has 0 unspecified atom stereocenters. The summed E-state index contributed by atoms with van der Waals surface area (Å²) in [5.74, 6) is 0.957. The fourth-order valence-corrected chi connectivity index (χ4v) is 7.25. The molecule has 3 aromatic heterocycles. The summed E-state index contributed by atoms with van der Waals surface area (Å²) in [4.78, 5) is 27.3. The summed E-state index contributed by atoms with van der Waals surface area (Å²) in [6, 6.07) is 11.2. The van der Waals surface area contributed by atoms with Crippen LogP contribution >= 0.6 is 11.6 Å². The lowest BCUT2D eigenvalue weighted by Crippen LogP contribution is -2.26. The topological polar surface area (TPSA) is 119 Å². The van der Waals surface area contributed by atoms with E-state index in [-0.39, 0.29) is 38.0 Å². The molecular formula is C29H31ClN6O3S. The standard InChI is InChI=1S/C29H31ClN6O3S/c1-17(2)36-27-20(13-24(28(36)37)26-25(30)14-23(16-32-26)40(38,39)22-7-8-22)15-33-29(35-27)34-21-5-3-18(4-6-21)19-9-11-31-12-10-19/h3-6,13-17,19,22,31H,7-12H2,1-2H3,(H,33,34,35). The quantitative estimate of drug-likeness (QED) is 0.306. The minimum Gasteiger partial charge on any atom is -0.324 e. The molecule has 208 valence electrons. The van der Waals surface area contributed by atoms with Crippen LogP contribution < -0.4 is 16.2 Å². The van der Waals surface area contributed by atoms with Gasteiger partial charge in [-0.1, -0.05) is 23.7 Å². The molecule has 1 saturated heterocycles. The van der Waals surface area contributed by atoms with Crippen LogP contribution in [0.1, 0.15) is 57.1 Å². The Balaban J connectivity index is 1.33. The molecule has 1 aliphatic heterocycles. The highest BCUT2D eigenvalue weighted by Crippen LogP contribution is 2.36. The predicted molar refractivity (Wildman–Crippen MR) is 157 cm³/mol. The third-order valence-electron chi connectivity index (χ3n) is 7.63. The number of benzene rings is 1. The van der Waals surface area contributed by atoms with Crippen molar-refractivity contribution in [3.8, 4) is 11.3 Å². The normalized spacial score (nSPS) is 16.5. The summed E-state index contributed by atoms with van der Waals surface area (Å²) in [5, 5.41) is 7.04. The molecule has 2 fully saturated rings. The molecule has 0 atom stereocenters. The molecule has 1 aliphatic carbocycles. The average Bonchev–Trinajstić information content (AvgIpc) is 3.80. The predicted octanol–water partition coefficient (Wildman–Crippen LogP) is 5.23. The van der Waals surface area contributed by atoms with Crippen molar-refractivity contribution in [1.82, 2.24) is 24.8 Å². The Hall–Kier alpha value is -3.34. The first-order chi connectivity index (χ1) is 19.2. The van der Waals surface area contributed by atoms with Crippen molar-refractivity contribution in [3.63, 3.8) is 0 Å². The summed E-state index contributed by atoms with van der Waals surface area (Å²) in [7, 11) is -3.45. The number of anilines is 2. The van der Waals surface area contributed by atoms with Gasteiger partial charge in [-0.05, 0) is 88.4 Å². The van der Waals surface area contributed by atoms with Crippen molar-refractivity contribution in [2.24, 2.45) is 0 Å². The SMILES string of the molecule is CC(C)n1c(=O)c(-c2ncc(S(=O)(=O)C3CC3)cc2Cl)cc2cnc(Nc3ccc(C4CCNCC4)cc3)nc21. The lowest BCUT2D eigenvalue weighted by Gasteiger charge is -2.23. The molecule has 0 bridgehead atoms. The molecule has 1 saturated carbocycles. The van der Waals surface area contributed by atoms with Gasteiger partial charge in [-0.2, -0.15) is 4.98 Å². The first-order valence-electron chi connectivity index (χ1n) is 13.6. The van der Waals surface area contributed by atoms with E-state index in [1.807, 2.05) is 26.0 Å². The van der Waals surface area contributed by atoms with Crippen LogP contribution in [0.2, 0.25) is 5.02 Å². The summed E-state index contributed by atoms with van der Waals surface area (Å²) >= 11 is 6.51. The molecule has 0 radical (unpaired) electrons. The minimum atomic E-state index is -3.45. The van der Waals surface area contributed by atoms with Crippen LogP contribution in [-0.2, 0) is 9.84 Å². The molecule has 0 spiro atoms. The monoisotopic (exact) mass is 578 g/mol. The molecule has 6 rings (SSSR count). The number of hydrogen-bond acceptors (Lipinski definition) is 8. The number of sulfone groups is 1. The highest BCUT2D eigenvalue weighted by Gasteiger charge is 2.37. The highest BCUT2D eigenvalue weighted by molar-refractivity contribution is 7.92. The third kappa shape index (κ3) is 5.11. The molecule has 11 heteroatoms. The zero-order chi connectivity index (χ0) is 28.0. The van der Waals surface area contributed by atoms with E-state index in [1.165, 1.54) is 17.8 Å². The number of fused-ring (bicyclic) bond motifs is 1. The van der Waals surface area contributed by atoms with E-state index in [0.29, 0.717) is 35.7 Å². The zero-order valence-corrected chi connectivity index (χ0v) is 24.0. The number of nitrogens with zero attached hydrogens (tertiary/aromatic N) is 4. The van der Waals surface area contributed by atoms with Crippen LogP contribution in [0.5, 0.6) is 0 Å². The fourth-order valence-electron chi connectivity index (χ4n) is 5.30. The van der Waals surface area contributed by atoms with E-state index in [2.05, 4.69) is 32.7 Å². The van der Waals surface area contributed by atoms with Crippen LogP contribution in [0.3, 0.4) is 0 Å². The van der Waals surface area contributed by atoms with E-state index in [9.17, 15) is 13.2 Å². The smallest absolute Gasteiger partial charge is 0.261 e. The van der Waals surface area contributed by atoms with Crippen LogP contribution in [0.25, 0.3) is 22.3 Å². The van der Waals surface area contributed by atoms with E-state index in [1.54, 1.807) is 16.8 Å². The van der Waals surface area contributed by atoms with Crippen molar-refractivity contribution < 1.29 is 8.42 Å². The minimum absolute atomic E-state index is 0.0801. The Labute approximate surface area is 238 Å². The summed E-state index contributed by atoms with van der Waals surface area (Å²) in [6.07, 6.45) is 6.52. The summed E-state index contributed by atoms with van der Waals surface area (Å²) in [6.45, 7) is 5.90. The Morgan fingerprint density at radius 1 is 1.02 bits per heavy atom. The molecule has 40 heavy (non-hydrogen) atoms. The van der Waals surface area contributed by atoms with Crippen LogP contribution in [0.15, 0.2) is 58.5 Å². The van der Waals surface area contributed by atoms with Crippen molar-refractivity contribution in [3.05, 3.63) is 69.7 Å². The van der Waals surface area contributed by atoms with Crippen molar-refractivity contribution in [2.75, 3.05) is 18.4 Å². The molecule has 4 heterocycles. The van der Waals surface area contributed by atoms with Crippen LogP contribution in [-0.4, -0.2) is 46.3 Å². The van der Waals surface area contributed by atoms with E-state index < -0.39 is 9.84 Å². The fraction of sp³-hybridized carbons (Fsp3) is 0.379.